The molecule has 1 aliphatic carbocycles. The van der Waals surface area contributed by atoms with Crippen LogP contribution in [0.2, 0.25) is 0 Å². The number of nitrogens with zero attached hydrogens (tertiary/aromatic N) is 4. The number of benzene rings is 1. The number of rotatable bonds is 4. The van der Waals surface area contributed by atoms with Crippen LogP contribution < -0.4 is 10.1 Å². The summed E-state index contributed by atoms with van der Waals surface area (Å²) in [5.41, 5.74) is 1.96. The summed E-state index contributed by atoms with van der Waals surface area (Å²) < 4.78 is 41.5. The van der Waals surface area contributed by atoms with Gasteiger partial charge in [0.1, 0.15) is 5.75 Å². The van der Waals surface area contributed by atoms with Gasteiger partial charge in [-0.3, -0.25) is 9.89 Å². The molecule has 1 saturated heterocycles. The second-order valence-corrected chi connectivity index (χ2v) is 9.28. The van der Waals surface area contributed by atoms with Gasteiger partial charge in [-0.25, -0.2) is 9.78 Å². The van der Waals surface area contributed by atoms with Crippen LogP contribution in [0, 0.1) is 12.3 Å². The van der Waals surface area contributed by atoms with Crippen molar-refractivity contribution in [3.8, 4) is 5.75 Å². The number of anilines is 1. The molecule has 5 rings (SSSR count). The number of likely N-dealkylation sites (tertiary alicyclic amines) is 1. The minimum atomic E-state index is -4.81. The molecule has 1 aliphatic heterocycles. The maximum Gasteiger partial charge on any atom is 0.573 e. The van der Waals surface area contributed by atoms with E-state index in [9.17, 15) is 22.8 Å². The molecule has 1 saturated carbocycles. The van der Waals surface area contributed by atoms with Crippen LogP contribution in [0.15, 0.2) is 36.7 Å². The van der Waals surface area contributed by atoms with Crippen molar-refractivity contribution < 1.29 is 27.5 Å². The largest absolute Gasteiger partial charge is 0.573 e. The Labute approximate surface area is 198 Å². The number of aromatic nitrogens is 3. The zero-order valence-corrected chi connectivity index (χ0v) is 19.0. The van der Waals surface area contributed by atoms with Crippen LogP contribution >= 0.6 is 0 Å². The number of alkyl halides is 3. The van der Waals surface area contributed by atoms with E-state index < -0.39 is 18.1 Å². The van der Waals surface area contributed by atoms with Gasteiger partial charge in [0.25, 0.3) is 5.91 Å². The average molecular weight is 488 g/mol. The highest BCUT2D eigenvalue weighted by Gasteiger charge is 2.55. The molecule has 2 N–H and O–H groups in total. The Bertz CT molecular complexity index is 1290. The van der Waals surface area contributed by atoms with Crippen molar-refractivity contribution in [2.75, 3.05) is 25.5 Å². The first-order chi connectivity index (χ1) is 16.5. The van der Waals surface area contributed by atoms with E-state index in [1.807, 2.05) is 0 Å². The Morgan fingerprint density at radius 1 is 1.26 bits per heavy atom. The first kappa shape index (κ1) is 22.9. The Morgan fingerprint density at radius 3 is 2.71 bits per heavy atom. The van der Waals surface area contributed by atoms with Crippen LogP contribution in [0.1, 0.15) is 28.8 Å². The molecule has 2 aromatic heterocycles. The summed E-state index contributed by atoms with van der Waals surface area (Å²) in [6, 6.07) is 5.05. The van der Waals surface area contributed by atoms with E-state index in [0.717, 1.165) is 18.9 Å². The van der Waals surface area contributed by atoms with Gasteiger partial charge < -0.3 is 19.9 Å². The van der Waals surface area contributed by atoms with E-state index in [-0.39, 0.29) is 23.1 Å². The normalized spacial score (nSPS) is 17.1. The van der Waals surface area contributed by atoms with Crippen molar-refractivity contribution in [3.63, 3.8) is 0 Å². The molecule has 2 fully saturated rings. The lowest BCUT2D eigenvalue weighted by Gasteiger charge is -2.60. The van der Waals surface area contributed by atoms with Gasteiger partial charge in [0, 0.05) is 49.5 Å². The standard InChI is InChI=1S/C23H23F3N6O3/c1-13-3-4-15(35-23(24,25)26)7-18(13)29-21(34)31(2)14-8-22(9-14)11-32(12-22)20(33)16-5-6-27-19-17(16)10-28-30-19/h3-7,10,14H,8-9,11-12H2,1-2H3,(H,29,34)(H,27,28,30). The van der Waals surface area contributed by atoms with Gasteiger partial charge in [-0.15, -0.1) is 13.2 Å². The van der Waals surface area contributed by atoms with Crippen LogP contribution in [-0.4, -0.2) is 69.5 Å². The molecule has 12 heteroatoms. The molecule has 3 heterocycles. The molecular formula is C23H23F3N6O3. The van der Waals surface area contributed by atoms with Crippen LogP contribution in [0.25, 0.3) is 11.0 Å². The molecule has 184 valence electrons. The quantitative estimate of drug-likeness (QED) is 0.579. The summed E-state index contributed by atoms with van der Waals surface area (Å²) in [5, 5.41) is 10.1. The summed E-state index contributed by atoms with van der Waals surface area (Å²) in [6.07, 6.45) is -0.163. The molecule has 3 amide bonds. The minimum Gasteiger partial charge on any atom is -0.406 e. The van der Waals surface area contributed by atoms with E-state index in [1.165, 1.54) is 12.1 Å². The van der Waals surface area contributed by atoms with Crippen LogP contribution in [0.5, 0.6) is 5.75 Å². The third-order valence-corrected chi connectivity index (χ3v) is 6.81. The summed E-state index contributed by atoms with van der Waals surface area (Å²) in [6.45, 7) is 2.90. The molecule has 1 aromatic carbocycles. The number of hydrogen-bond donors (Lipinski definition) is 2. The maximum absolute atomic E-state index is 12.9. The molecule has 9 nitrogen and oxygen atoms in total. The van der Waals surface area contributed by atoms with Gasteiger partial charge in [-0.05, 0) is 37.5 Å². The van der Waals surface area contributed by atoms with Gasteiger partial charge in [0.2, 0.25) is 0 Å². The zero-order valence-electron chi connectivity index (χ0n) is 19.0. The van der Waals surface area contributed by atoms with Crippen LogP contribution in [0.4, 0.5) is 23.7 Å². The summed E-state index contributed by atoms with van der Waals surface area (Å²) >= 11 is 0. The highest BCUT2D eigenvalue weighted by Crippen LogP contribution is 2.50. The molecule has 1 spiro atoms. The number of H-pyrrole nitrogens is 1. The third kappa shape index (κ3) is 4.35. The summed E-state index contributed by atoms with van der Waals surface area (Å²) in [5.74, 6) is -0.472. The predicted octanol–water partition coefficient (Wildman–Crippen LogP) is 3.93. The second kappa shape index (κ2) is 8.14. The van der Waals surface area contributed by atoms with Crippen molar-refractivity contribution in [1.29, 1.82) is 0 Å². The Hall–Kier alpha value is -3.83. The smallest absolute Gasteiger partial charge is 0.406 e. The number of fused-ring (bicyclic) bond motifs is 1. The van der Waals surface area contributed by atoms with Gasteiger partial charge >= 0.3 is 12.4 Å². The number of aromatic amines is 1. The van der Waals surface area contributed by atoms with Crippen molar-refractivity contribution in [1.82, 2.24) is 25.0 Å². The number of aryl methyl sites for hydroxylation is 1. The number of ether oxygens (including phenoxy) is 1. The van der Waals surface area contributed by atoms with Gasteiger partial charge in [0.15, 0.2) is 5.65 Å². The zero-order chi connectivity index (χ0) is 25.0. The van der Waals surface area contributed by atoms with Crippen LogP contribution in [-0.2, 0) is 0 Å². The highest BCUT2D eigenvalue weighted by atomic mass is 19.4. The van der Waals surface area contributed by atoms with Gasteiger partial charge in [-0.2, -0.15) is 5.10 Å². The SMILES string of the molecule is Cc1ccc(OC(F)(F)F)cc1NC(=O)N(C)C1CC2(C1)CN(C(=O)c1ccnc3[nH]ncc13)C2. The second-order valence-electron chi connectivity index (χ2n) is 9.28. The number of hydrogen-bond acceptors (Lipinski definition) is 5. The van der Waals surface area contributed by atoms with E-state index in [0.29, 0.717) is 35.2 Å². The van der Waals surface area contributed by atoms with Crippen molar-refractivity contribution >= 4 is 28.7 Å². The monoisotopic (exact) mass is 488 g/mol. The Morgan fingerprint density at radius 2 is 2.00 bits per heavy atom. The van der Waals surface area contributed by atoms with E-state index >= 15 is 0 Å². The highest BCUT2D eigenvalue weighted by molar-refractivity contribution is 6.05. The third-order valence-electron chi connectivity index (χ3n) is 6.81. The molecule has 3 aromatic rings. The summed E-state index contributed by atoms with van der Waals surface area (Å²) in [7, 11) is 1.66. The fraction of sp³-hybridized carbons (Fsp3) is 0.391. The van der Waals surface area contributed by atoms with Crippen molar-refractivity contribution in [2.24, 2.45) is 5.41 Å². The lowest BCUT2D eigenvalue weighted by Crippen LogP contribution is -2.67. The number of carbonyl (C=O) groups excluding carboxylic acids is 2. The number of nitrogens with one attached hydrogen (secondary N) is 2. The average Bonchev–Trinajstić information content (AvgIpc) is 3.21. The minimum absolute atomic E-state index is 0.0200. The van der Waals surface area contributed by atoms with Crippen LogP contribution in [0.3, 0.4) is 0 Å². The fourth-order valence-corrected chi connectivity index (χ4v) is 4.89. The topological polar surface area (TPSA) is 103 Å². The van der Waals surface area contributed by atoms with Crippen molar-refractivity contribution in [2.45, 2.75) is 32.2 Å². The first-order valence-corrected chi connectivity index (χ1v) is 11.0. The Kier molecular flexibility index (Phi) is 5.33. The van der Waals surface area contributed by atoms with E-state index in [4.69, 9.17) is 0 Å². The molecule has 2 aliphatic rings. The lowest BCUT2D eigenvalue weighted by atomic mass is 9.60. The lowest BCUT2D eigenvalue weighted by molar-refractivity contribution is -0.274. The van der Waals surface area contributed by atoms with Gasteiger partial charge in [-0.1, -0.05) is 6.07 Å². The Balaban J connectivity index is 1.16. The molecule has 0 bridgehead atoms. The number of amides is 3. The molecule has 0 radical (unpaired) electrons. The number of urea groups is 1. The predicted molar refractivity (Wildman–Crippen MR) is 120 cm³/mol. The fourth-order valence-electron chi connectivity index (χ4n) is 4.89. The maximum atomic E-state index is 12.9. The number of pyridine rings is 1. The molecule has 0 atom stereocenters. The first-order valence-electron chi connectivity index (χ1n) is 11.0. The summed E-state index contributed by atoms with van der Waals surface area (Å²) in [4.78, 5) is 33.2. The van der Waals surface area contributed by atoms with Gasteiger partial charge in [0.05, 0.1) is 17.1 Å². The van der Waals surface area contributed by atoms with Crippen molar-refractivity contribution in [3.05, 3.63) is 47.8 Å². The van der Waals surface area contributed by atoms with E-state index in [1.54, 1.807) is 42.2 Å². The number of carbonyl (C=O) groups is 2. The number of halogens is 3. The molecule has 35 heavy (non-hydrogen) atoms. The molecular weight excluding hydrogens is 465 g/mol. The van der Waals surface area contributed by atoms with E-state index in [2.05, 4.69) is 25.2 Å². The molecule has 0 unspecified atom stereocenters.